The van der Waals surface area contributed by atoms with E-state index in [1.165, 1.54) is 62.7 Å². The van der Waals surface area contributed by atoms with Crippen LogP contribution in [0.15, 0.2) is 17.5 Å². The maximum atomic E-state index is 3.97. The van der Waals surface area contributed by atoms with Crippen LogP contribution in [0.2, 0.25) is 0 Å². The summed E-state index contributed by atoms with van der Waals surface area (Å²) in [6.07, 6.45) is 12.4. The molecule has 0 amide bonds. The van der Waals surface area contributed by atoms with Crippen LogP contribution in [0.3, 0.4) is 0 Å². The predicted molar refractivity (Wildman–Crippen MR) is 90.4 cm³/mol. The molecule has 1 aliphatic rings. The molecule has 114 valence electrons. The quantitative estimate of drug-likeness (QED) is 0.614. The van der Waals surface area contributed by atoms with Crippen molar-refractivity contribution >= 4 is 11.3 Å². The van der Waals surface area contributed by atoms with Gasteiger partial charge in [-0.05, 0) is 43.0 Å². The lowest BCUT2D eigenvalue weighted by Crippen LogP contribution is -2.32. The standard InChI is InChI=1S/C18H31NS/c1-3-7-15-9-5-10-16(13-12-15)19-17(8-4-2)18-11-6-14-20-18/h6,11,14-17,19H,3-5,7-10,12-13H2,1-2H3. The van der Waals surface area contributed by atoms with Crippen LogP contribution >= 0.6 is 11.3 Å². The largest absolute Gasteiger partial charge is 0.306 e. The maximum Gasteiger partial charge on any atom is 0.0416 e. The minimum atomic E-state index is 0.590. The van der Waals surface area contributed by atoms with Gasteiger partial charge in [-0.15, -0.1) is 11.3 Å². The van der Waals surface area contributed by atoms with Crippen LogP contribution in [-0.4, -0.2) is 6.04 Å². The van der Waals surface area contributed by atoms with Crippen LogP contribution in [0.1, 0.15) is 82.6 Å². The van der Waals surface area contributed by atoms with Crippen LogP contribution < -0.4 is 5.32 Å². The van der Waals surface area contributed by atoms with Gasteiger partial charge in [0, 0.05) is 17.0 Å². The van der Waals surface area contributed by atoms with Crippen molar-refractivity contribution in [1.82, 2.24) is 5.32 Å². The van der Waals surface area contributed by atoms with E-state index in [9.17, 15) is 0 Å². The van der Waals surface area contributed by atoms with Crippen molar-refractivity contribution in [2.75, 3.05) is 0 Å². The fourth-order valence-corrected chi connectivity index (χ4v) is 4.43. The number of hydrogen-bond acceptors (Lipinski definition) is 2. The highest BCUT2D eigenvalue weighted by atomic mass is 32.1. The molecule has 2 heteroatoms. The molecule has 0 saturated heterocycles. The molecule has 1 saturated carbocycles. The highest BCUT2D eigenvalue weighted by Crippen LogP contribution is 2.30. The van der Waals surface area contributed by atoms with Gasteiger partial charge >= 0.3 is 0 Å². The van der Waals surface area contributed by atoms with Crippen LogP contribution in [0.4, 0.5) is 0 Å². The SMILES string of the molecule is CCCC1CCCC(NC(CCC)c2cccs2)CC1. The minimum absolute atomic E-state index is 0.590. The molecule has 3 atom stereocenters. The van der Waals surface area contributed by atoms with E-state index in [0.29, 0.717) is 6.04 Å². The van der Waals surface area contributed by atoms with E-state index in [1.54, 1.807) is 0 Å². The fraction of sp³-hybridized carbons (Fsp3) is 0.778. The third-order valence-electron chi connectivity index (χ3n) is 4.69. The molecule has 0 spiro atoms. The number of nitrogens with one attached hydrogen (secondary N) is 1. The molecule has 1 fully saturated rings. The van der Waals surface area contributed by atoms with Crippen LogP contribution in [-0.2, 0) is 0 Å². The summed E-state index contributed by atoms with van der Waals surface area (Å²) in [5.41, 5.74) is 0. The minimum Gasteiger partial charge on any atom is -0.306 e. The Bertz CT molecular complexity index is 346. The summed E-state index contributed by atoms with van der Waals surface area (Å²) in [5.74, 6) is 0.998. The summed E-state index contributed by atoms with van der Waals surface area (Å²) >= 11 is 1.91. The molecule has 1 aliphatic carbocycles. The molecule has 1 nitrogen and oxygen atoms in total. The van der Waals surface area contributed by atoms with Gasteiger partial charge in [0.1, 0.15) is 0 Å². The Morgan fingerprint density at radius 3 is 2.80 bits per heavy atom. The molecule has 20 heavy (non-hydrogen) atoms. The van der Waals surface area contributed by atoms with Gasteiger partial charge in [-0.1, -0.05) is 52.0 Å². The van der Waals surface area contributed by atoms with Gasteiger partial charge < -0.3 is 5.32 Å². The molecule has 0 bridgehead atoms. The Labute approximate surface area is 129 Å². The van der Waals surface area contributed by atoms with Crippen molar-refractivity contribution in [2.24, 2.45) is 5.92 Å². The second-order valence-electron chi connectivity index (χ2n) is 6.38. The van der Waals surface area contributed by atoms with Crippen molar-refractivity contribution in [3.8, 4) is 0 Å². The molecule has 0 radical (unpaired) electrons. The van der Waals surface area contributed by atoms with Crippen molar-refractivity contribution in [3.63, 3.8) is 0 Å². The average Bonchev–Trinajstić information content (AvgIpc) is 2.89. The molecule has 0 aromatic carbocycles. The number of thiophene rings is 1. The van der Waals surface area contributed by atoms with Crippen molar-refractivity contribution in [1.29, 1.82) is 0 Å². The summed E-state index contributed by atoms with van der Waals surface area (Å²) in [7, 11) is 0. The first-order valence-electron chi connectivity index (χ1n) is 8.62. The zero-order chi connectivity index (χ0) is 14.2. The Kier molecular flexibility index (Phi) is 7.09. The van der Waals surface area contributed by atoms with Crippen molar-refractivity contribution in [3.05, 3.63) is 22.4 Å². The molecular weight excluding hydrogens is 262 g/mol. The molecule has 3 unspecified atom stereocenters. The third kappa shape index (κ3) is 4.89. The Morgan fingerprint density at radius 1 is 1.20 bits per heavy atom. The first-order valence-corrected chi connectivity index (χ1v) is 9.50. The van der Waals surface area contributed by atoms with Gasteiger partial charge in [-0.3, -0.25) is 0 Å². The lowest BCUT2D eigenvalue weighted by molar-refractivity contribution is 0.374. The third-order valence-corrected chi connectivity index (χ3v) is 5.67. The van der Waals surface area contributed by atoms with E-state index < -0.39 is 0 Å². The van der Waals surface area contributed by atoms with Crippen LogP contribution in [0.5, 0.6) is 0 Å². The van der Waals surface area contributed by atoms with E-state index in [0.717, 1.165) is 12.0 Å². The Hall–Kier alpha value is -0.340. The predicted octanol–water partition coefficient (Wildman–Crippen LogP) is 5.93. The van der Waals surface area contributed by atoms with Gasteiger partial charge in [0.15, 0.2) is 0 Å². The van der Waals surface area contributed by atoms with Gasteiger partial charge in [0.25, 0.3) is 0 Å². The highest BCUT2D eigenvalue weighted by molar-refractivity contribution is 7.10. The topological polar surface area (TPSA) is 12.0 Å². The first-order chi connectivity index (χ1) is 9.83. The summed E-state index contributed by atoms with van der Waals surface area (Å²) in [6, 6.07) is 5.83. The second kappa shape index (κ2) is 8.84. The monoisotopic (exact) mass is 293 g/mol. The summed E-state index contributed by atoms with van der Waals surface area (Å²) < 4.78 is 0. The molecular formula is C18H31NS. The second-order valence-corrected chi connectivity index (χ2v) is 7.36. The van der Waals surface area contributed by atoms with Gasteiger partial charge in [-0.2, -0.15) is 0 Å². The van der Waals surface area contributed by atoms with Crippen molar-refractivity contribution < 1.29 is 0 Å². The molecule has 1 N–H and O–H groups in total. The smallest absolute Gasteiger partial charge is 0.0416 e. The normalized spacial score (nSPS) is 25.3. The van der Waals surface area contributed by atoms with E-state index in [1.807, 2.05) is 11.3 Å². The average molecular weight is 294 g/mol. The number of rotatable bonds is 7. The number of hydrogen-bond donors (Lipinski definition) is 1. The molecule has 1 heterocycles. The zero-order valence-corrected chi connectivity index (χ0v) is 14.1. The van der Waals surface area contributed by atoms with Crippen molar-refractivity contribution in [2.45, 2.75) is 83.7 Å². The zero-order valence-electron chi connectivity index (χ0n) is 13.2. The Morgan fingerprint density at radius 2 is 2.10 bits per heavy atom. The summed E-state index contributed by atoms with van der Waals surface area (Å²) in [4.78, 5) is 1.53. The Balaban J connectivity index is 1.87. The van der Waals surface area contributed by atoms with Gasteiger partial charge in [0.2, 0.25) is 0 Å². The lowest BCUT2D eigenvalue weighted by atomic mass is 9.95. The molecule has 1 aromatic heterocycles. The fourth-order valence-electron chi connectivity index (χ4n) is 3.61. The van der Waals surface area contributed by atoms with Crippen LogP contribution in [0, 0.1) is 5.92 Å². The molecule has 1 aromatic rings. The van der Waals surface area contributed by atoms with E-state index in [-0.39, 0.29) is 0 Å². The van der Waals surface area contributed by atoms with E-state index in [4.69, 9.17) is 0 Å². The highest BCUT2D eigenvalue weighted by Gasteiger charge is 2.21. The maximum absolute atomic E-state index is 3.97. The summed E-state index contributed by atoms with van der Waals surface area (Å²) in [5, 5.41) is 6.18. The van der Waals surface area contributed by atoms with E-state index in [2.05, 4.69) is 36.7 Å². The summed E-state index contributed by atoms with van der Waals surface area (Å²) in [6.45, 7) is 4.63. The first kappa shape index (κ1) is 16.0. The molecule has 2 rings (SSSR count). The van der Waals surface area contributed by atoms with Crippen LogP contribution in [0.25, 0.3) is 0 Å². The van der Waals surface area contributed by atoms with Gasteiger partial charge in [0.05, 0.1) is 0 Å². The van der Waals surface area contributed by atoms with E-state index >= 15 is 0 Å². The van der Waals surface area contributed by atoms with Gasteiger partial charge in [-0.25, -0.2) is 0 Å². The lowest BCUT2D eigenvalue weighted by Gasteiger charge is -2.24. The molecule has 0 aliphatic heterocycles.